The van der Waals surface area contributed by atoms with Gasteiger partial charge in [0.1, 0.15) is 5.82 Å². The van der Waals surface area contributed by atoms with Crippen molar-refractivity contribution in [1.82, 2.24) is 15.2 Å². The highest BCUT2D eigenvalue weighted by molar-refractivity contribution is 6.30. The van der Waals surface area contributed by atoms with Crippen molar-refractivity contribution in [3.63, 3.8) is 0 Å². The number of hydrogen-bond donors (Lipinski definition) is 2. The lowest BCUT2D eigenvalue weighted by molar-refractivity contribution is -0.118. The lowest BCUT2D eigenvalue weighted by atomic mass is 9.93. The normalized spacial score (nSPS) is 15.9. The fraction of sp³-hybridized carbons (Fsp3) is 0.481. The molecule has 1 aromatic heterocycles. The zero-order chi connectivity index (χ0) is 23.8. The second kappa shape index (κ2) is 12.2. The van der Waals surface area contributed by atoms with E-state index in [-0.39, 0.29) is 17.7 Å². The Kier molecular flexibility index (Phi) is 9.33. The van der Waals surface area contributed by atoms with Crippen LogP contribution in [0.1, 0.15) is 63.1 Å². The Hall–Kier alpha value is -2.37. The fourth-order valence-electron chi connectivity index (χ4n) is 4.13. The number of carbonyl (C=O) groups excluding carboxylic acids is 1. The van der Waals surface area contributed by atoms with Crippen LogP contribution in [0.25, 0.3) is 0 Å². The van der Waals surface area contributed by atoms with Crippen molar-refractivity contribution in [2.24, 2.45) is 5.92 Å². The number of pyridine rings is 1. The summed E-state index contributed by atoms with van der Waals surface area (Å²) in [6.07, 6.45) is 3.29. The number of hydrogen-bond acceptors (Lipinski definition) is 4. The molecule has 1 aromatic carbocycles. The van der Waals surface area contributed by atoms with Gasteiger partial charge < -0.3 is 15.5 Å². The maximum atomic E-state index is 12.0. The molecular weight excluding hydrogens is 432 g/mol. The Morgan fingerprint density at radius 3 is 2.52 bits per heavy atom. The maximum Gasteiger partial charge on any atom is 0.228 e. The van der Waals surface area contributed by atoms with Gasteiger partial charge in [0.25, 0.3) is 0 Å². The number of carbonyl (C=O) groups is 1. The van der Waals surface area contributed by atoms with Gasteiger partial charge in [0.15, 0.2) is 0 Å². The average molecular weight is 469 g/mol. The molecule has 2 heterocycles. The van der Waals surface area contributed by atoms with Gasteiger partial charge in [0.2, 0.25) is 5.91 Å². The topological polar surface area (TPSA) is 57.3 Å². The molecule has 5 nitrogen and oxygen atoms in total. The van der Waals surface area contributed by atoms with E-state index in [0.29, 0.717) is 11.7 Å². The summed E-state index contributed by atoms with van der Waals surface area (Å²) in [7, 11) is 0. The van der Waals surface area contributed by atoms with E-state index in [0.717, 1.165) is 61.9 Å². The summed E-state index contributed by atoms with van der Waals surface area (Å²) >= 11 is 5.99. The fourth-order valence-corrected chi connectivity index (χ4v) is 4.25. The number of halogens is 1. The second-order valence-corrected chi connectivity index (χ2v) is 9.72. The summed E-state index contributed by atoms with van der Waals surface area (Å²) in [5.74, 6) is 1.33. The molecule has 178 valence electrons. The third-order valence-electron chi connectivity index (χ3n) is 6.45. The van der Waals surface area contributed by atoms with Crippen molar-refractivity contribution in [2.45, 2.75) is 51.9 Å². The number of anilines is 1. The SMILES string of the molecule is C=C(NCCCN1CCC(c2cccc(NC(=O)C(C)C)n2)CC1)C(C)c1ccc(Cl)cc1. The summed E-state index contributed by atoms with van der Waals surface area (Å²) in [5.41, 5.74) is 3.36. The van der Waals surface area contributed by atoms with Gasteiger partial charge in [-0.2, -0.15) is 0 Å². The standard InChI is InChI=1S/C27H37ClN4O/c1-19(2)27(33)31-26-8-5-7-25(30-26)23-13-17-32(18-14-23)16-6-15-29-21(4)20(3)22-9-11-24(28)12-10-22/h5,7-12,19-20,23,29H,4,6,13-18H2,1-3H3,(H,30,31,33). The predicted molar refractivity (Wildman–Crippen MR) is 138 cm³/mol. The molecule has 1 unspecified atom stereocenters. The Bertz CT molecular complexity index is 920. The molecule has 0 radical (unpaired) electrons. The molecule has 1 aliphatic rings. The average Bonchev–Trinajstić information content (AvgIpc) is 2.82. The first-order chi connectivity index (χ1) is 15.8. The molecule has 0 spiro atoms. The van der Waals surface area contributed by atoms with Crippen LogP contribution in [0.2, 0.25) is 5.02 Å². The molecule has 2 N–H and O–H groups in total. The molecule has 1 atom stereocenters. The van der Waals surface area contributed by atoms with Crippen molar-refractivity contribution in [1.29, 1.82) is 0 Å². The van der Waals surface area contributed by atoms with Crippen LogP contribution in [0.5, 0.6) is 0 Å². The maximum absolute atomic E-state index is 12.0. The number of likely N-dealkylation sites (tertiary alicyclic amines) is 1. The second-order valence-electron chi connectivity index (χ2n) is 9.29. The Morgan fingerprint density at radius 1 is 1.15 bits per heavy atom. The number of piperidine rings is 1. The van der Waals surface area contributed by atoms with Crippen LogP contribution in [-0.4, -0.2) is 42.0 Å². The Balaban J connectivity index is 1.37. The summed E-state index contributed by atoms with van der Waals surface area (Å²) < 4.78 is 0. The summed E-state index contributed by atoms with van der Waals surface area (Å²) in [4.78, 5) is 19.2. The number of nitrogens with zero attached hydrogens (tertiary/aromatic N) is 2. The van der Waals surface area contributed by atoms with Gasteiger partial charge in [-0.05, 0) is 68.7 Å². The van der Waals surface area contributed by atoms with E-state index in [2.05, 4.69) is 47.2 Å². The zero-order valence-electron chi connectivity index (χ0n) is 20.1. The quantitative estimate of drug-likeness (QED) is 0.432. The van der Waals surface area contributed by atoms with Crippen molar-refractivity contribution < 1.29 is 4.79 Å². The number of benzene rings is 1. The van der Waals surface area contributed by atoms with Crippen molar-refractivity contribution in [3.05, 3.63) is 71.0 Å². The first-order valence-electron chi connectivity index (χ1n) is 12.0. The van der Waals surface area contributed by atoms with E-state index < -0.39 is 0 Å². The lowest BCUT2D eigenvalue weighted by Crippen LogP contribution is -2.35. The van der Waals surface area contributed by atoms with Crippen LogP contribution in [0.15, 0.2) is 54.7 Å². The third kappa shape index (κ3) is 7.58. The Morgan fingerprint density at radius 2 is 1.85 bits per heavy atom. The molecule has 0 saturated carbocycles. The van der Waals surface area contributed by atoms with E-state index in [9.17, 15) is 4.79 Å². The van der Waals surface area contributed by atoms with E-state index in [4.69, 9.17) is 16.6 Å². The molecular formula is C27H37ClN4O. The molecule has 0 bridgehead atoms. The summed E-state index contributed by atoms with van der Waals surface area (Å²) in [6, 6.07) is 13.9. The Labute approximate surface area is 203 Å². The summed E-state index contributed by atoms with van der Waals surface area (Å²) in [5, 5.41) is 7.17. The molecule has 1 amide bonds. The van der Waals surface area contributed by atoms with Crippen LogP contribution < -0.4 is 10.6 Å². The highest BCUT2D eigenvalue weighted by Gasteiger charge is 2.22. The summed E-state index contributed by atoms with van der Waals surface area (Å²) in [6.45, 7) is 14.3. The van der Waals surface area contributed by atoms with Gasteiger partial charge in [-0.3, -0.25) is 4.79 Å². The van der Waals surface area contributed by atoms with Gasteiger partial charge in [-0.25, -0.2) is 4.98 Å². The van der Waals surface area contributed by atoms with E-state index >= 15 is 0 Å². The first-order valence-corrected chi connectivity index (χ1v) is 12.4. The molecule has 2 aromatic rings. The van der Waals surface area contributed by atoms with Gasteiger partial charge in [0.05, 0.1) is 0 Å². The number of allylic oxidation sites excluding steroid dienone is 1. The predicted octanol–water partition coefficient (Wildman–Crippen LogP) is 5.81. The van der Waals surface area contributed by atoms with Crippen LogP contribution >= 0.6 is 11.6 Å². The number of aromatic nitrogens is 1. The molecule has 3 rings (SSSR count). The third-order valence-corrected chi connectivity index (χ3v) is 6.70. The lowest BCUT2D eigenvalue weighted by Gasteiger charge is -2.32. The van der Waals surface area contributed by atoms with Crippen LogP contribution in [0.3, 0.4) is 0 Å². The van der Waals surface area contributed by atoms with Crippen LogP contribution in [-0.2, 0) is 4.79 Å². The largest absolute Gasteiger partial charge is 0.388 e. The van der Waals surface area contributed by atoms with E-state index in [1.165, 1.54) is 5.56 Å². The van der Waals surface area contributed by atoms with Crippen LogP contribution in [0, 0.1) is 5.92 Å². The molecule has 6 heteroatoms. The minimum Gasteiger partial charge on any atom is -0.388 e. The zero-order valence-corrected chi connectivity index (χ0v) is 20.9. The van der Waals surface area contributed by atoms with E-state index in [1.807, 2.05) is 38.1 Å². The minimum atomic E-state index is -0.0500. The smallest absolute Gasteiger partial charge is 0.228 e. The van der Waals surface area contributed by atoms with Crippen LogP contribution in [0.4, 0.5) is 5.82 Å². The number of nitrogens with one attached hydrogen (secondary N) is 2. The van der Waals surface area contributed by atoms with Gasteiger partial charge in [-0.1, -0.05) is 57.2 Å². The van der Waals surface area contributed by atoms with E-state index in [1.54, 1.807) is 0 Å². The minimum absolute atomic E-state index is 0.00770. The van der Waals surface area contributed by atoms with Gasteiger partial charge >= 0.3 is 0 Å². The van der Waals surface area contributed by atoms with Gasteiger partial charge in [0, 0.05) is 40.7 Å². The molecule has 33 heavy (non-hydrogen) atoms. The van der Waals surface area contributed by atoms with Gasteiger partial charge in [-0.15, -0.1) is 0 Å². The van der Waals surface area contributed by atoms with Crippen molar-refractivity contribution >= 4 is 23.3 Å². The highest BCUT2D eigenvalue weighted by atomic mass is 35.5. The van der Waals surface area contributed by atoms with Crippen molar-refractivity contribution in [3.8, 4) is 0 Å². The van der Waals surface area contributed by atoms with Crippen molar-refractivity contribution in [2.75, 3.05) is 31.5 Å². The number of amides is 1. The number of rotatable bonds is 10. The molecule has 0 aliphatic carbocycles. The molecule has 1 aliphatic heterocycles. The molecule has 1 fully saturated rings. The highest BCUT2D eigenvalue weighted by Crippen LogP contribution is 2.28. The monoisotopic (exact) mass is 468 g/mol. The molecule has 1 saturated heterocycles. The first kappa shape index (κ1) is 25.3.